The van der Waals surface area contributed by atoms with Gasteiger partial charge in [0.25, 0.3) is 0 Å². The molecule has 1 aliphatic carbocycles. The van der Waals surface area contributed by atoms with Crippen molar-refractivity contribution in [3.8, 4) is 0 Å². The van der Waals surface area contributed by atoms with Crippen LogP contribution in [0.2, 0.25) is 0 Å². The van der Waals surface area contributed by atoms with Crippen molar-refractivity contribution in [3.63, 3.8) is 0 Å². The van der Waals surface area contributed by atoms with Crippen LogP contribution in [-0.4, -0.2) is 51.3 Å². The summed E-state index contributed by atoms with van der Waals surface area (Å²) in [5.41, 5.74) is 0. The van der Waals surface area contributed by atoms with Gasteiger partial charge in [0.2, 0.25) is 5.91 Å². The van der Waals surface area contributed by atoms with Gasteiger partial charge in [-0.25, -0.2) is 4.99 Å². The van der Waals surface area contributed by atoms with Crippen molar-refractivity contribution in [1.82, 2.24) is 16.0 Å². The lowest BCUT2D eigenvalue weighted by Gasteiger charge is -2.10. The van der Waals surface area contributed by atoms with Crippen LogP contribution in [0.1, 0.15) is 19.8 Å². The van der Waals surface area contributed by atoms with Gasteiger partial charge in [0.15, 0.2) is 5.96 Å². The van der Waals surface area contributed by atoms with Gasteiger partial charge < -0.3 is 20.7 Å². The van der Waals surface area contributed by atoms with Crippen molar-refractivity contribution >= 4 is 35.8 Å². The number of amides is 1. The number of ether oxygens (including phenoxy) is 1. The van der Waals surface area contributed by atoms with Crippen LogP contribution < -0.4 is 16.0 Å². The summed E-state index contributed by atoms with van der Waals surface area (Å²) >= 11 is 0. The number of aliphatic imine (C=N–C) groups is 1. The normalized spacial score (nSPS) is 14.7. The summed E-state index contributed by atoms with van der Waals surface area (Å²) < 4.78 is 4.84. The predicted octanol–water partition coefficient (Wildman–Crippen LogP) is 0.0845. The van der Waals surface area contributed by atoms with Crippen LogP contribution in [0.3, 0.4) is 0 Å². The minimum absolute atomic E-state index is 0. The number of hydrogen-bond acceptors (Lipinski definition) is 3. The van der Waals surface area contributed by atoms with E-state index in [1.807, 2.05) is 6.92 Å². The number of rotatable bonds is 7. The molecule has 106 valence electrons. The summed E-state index contributed by atoms with van der Waals surface area (Å²) in [5, 5.41) is 9.08. The second-order valence-electron chi connectivity index (χ2n) is 3.96. The molecule has 3 N–H and O–H groups in total. The highest BCUT2D eigenvalue weighted by molar-refractivity contribution is 14.0. The molecule has 0 saturated heterocycles. The number of methoxy groups -OCH3 is 1. The van der Waals surface area contributed by atoms with E-state index in [2.05, 4.69) is 20.9 Å². The van der Waals surface area contributed by atoms with Crippen molar-refractivity contribution in [2.75, 3.05) is 33.4 Å². The zero-order chi connectivity index (χ0) is 12.5. The first-order valence-electron chi connectivity index (χ1n) is 6.06. The molecule has 0 aromatic heterocycles. The molecule has 0 aromatic carbocycles. The lowest BCUT2D eigenvalue weighted by Crippen LogP contribution is -2.39. The third-order valence-corrected chi connectivity index (χ3v) is 2.27. The van der Waals surface area contributed by atoms with E-state index in [1.54, 1.807) is 7.11 Å². The zero-order valence-corrected chi connectivity index (χ0v) is 13.3. The Morgan fingerprint density at radius 1 is 1.39 bits per heavy atom. The number of halogens is 1. The van der Waals surface area contributed by atoms with Gasteiger partial charge in [0, 0.05) is 26.2 Å². The number of nitrogens with zero attached hydrogens (tertiary/aromatic N) is 1. The van der Waals surface area contributed by atoms with Gasteiger partial charge in [-0.2, -0.15) is 0 Å². The van der Waals surface area contributed by atoms with Crippen molar-refractivity contribution < 1.29 is 9.53 Å². The van der Waals surface area contributed by atoms with Crippen LogP contribution in [0.15, 0.2) is 4.99 Å². The summed E-state index contributed by atoms with van der Waals surface area (Å²) in [7, 11) is 1.60. The van der Waals surface area contributed by atoms with Gasteiger partial charge in [-0.05, 0) is 19.8 Å². The molecule has 0 spiro atoms. The molecule has 7 heteroatoms. The first-order valence-corrected chi connectivity index (χ1v) is 6.06. The molecular weight excluding hydrogens is 347 g/mol. The smallest absolute Gasteiger partial charge is 0.241 e. The standard InChI is InChI=1S/C11H22N4O2.HI/c1-3-12-11(15-9-4-5-9)14-8-10(16)13-6-7-17-2;/h9H,3-8H2,1-2H3,(H,13,16)(H2,12,14,15);1H. The molecule has 18 heavy (non-hydrogen) atoms. The Kier molecular flexibility index (Phi) is 10.0. The Balaban J connectivity index is 0.00000289. The maximum absolute atomic E-state index is 11.4. The van der Waals surface area contributed by atoms with Gasteiger partial charge in [0.1, 0.15) is 6.54 Å². The highest BCUT2D eigenvalue weighted by Gasteiger charge is 2.22. The molecule has 0 aromatic rings. The van der Waals surface area contributed by atoms with E-state index >= 15 is 0 Å². The van der Waals surface area contributed by atoms with E-state index in [-0.39, 0.29) is 36.4 Å². The highest BCUT2D eigenvalue weighted by atomic mass is 127. The van der Waals surface area contributed by atoms with Crippen molar-refractivity contribution in [2.24, 2.45) is 4.99 Å². The summed E-state index contributed by atoms with van der Waals surface area (Å²) in [4.78, 5) is 15.6. The largest absolute Gasteiger partial charge is 0.383 e. The Morgan fingerprint density at radius 2 is 2.11 bits per heavy atom. The molecule has 1 rings (SSSR count). The van der Waals surface area contributed by atoms with Gasteiger partial charge in [-0.3, -0.25) is 4.79 Å². The third-order valence-electron chi connectivity index (χ3n) is 2.27. The quantitative estimate of drug-likeness (QED) is 0.257. The molecule has 0 heterocycles. The highest BCUT2D eigenvalue weighted by Crippen LogP contribution is 2.18. The van der Waals surface area contributed by atoms with Crippen LogP contribution in [-0.2, 0) is 9.53 Å². The van der Waals surface area contributed by atoms with Crippen LogP contribution in [0.4, 0.5) is 0 Å². The minimum Gasteiger partial charge on any atom is -0.383 e. The Labute approximate surface area is 125 Å². The third kappa shape index (κ3) is 8.51. The molecule has 1 aliphatic rings. The lowest BCUT2D eigenvalue weighted by molar-refractivity contribution is -0.119. The van der Waals surface area contributed by atoms with Crippen LogP contribution in [0, 0.1) is 0 Å². The van der Waals surface area contributed by atoms with Crippen LogP contribution in [0.25, 0.3) is 0 Å². The Morgan fingerprint density at radius 3 is 2.67 bits per heavy atom. The second-order valence-corrected chi connectivity index (χ2v) is 3.96. The van der Waals surface area contributed by atoms with Gasteiger partial charge in [-0.15, -0.1) is 24.0 Å². The average Bonchev–Trinajstić information content (AvgIpc) is 3.10. The minimum atomic E-state index is -0.0879. The summed E-state index contributed by atoms with van der Waals surface area (Å²) in [6.07, 6.45) is 2.37. The fraction of sp³-hybridized carbons (Fsp3) is 0.818. The monoisotopic (exact) mass is 370 g/mol. The molecule has 0 bridgehead atoms. The number of carbonyl (C=O) groups is 1. The molecule has 1 fully saturated rings. The average molecular weight is 370 g/mol. The maximum Gasteiger partial charge on any atom is 0.241 e. The Hall–Kier alpha value is -0.570. The SMILES string of the molecule is CCNC(=NCC(=O)NCCOC)NC1CC1.I. The Bertz CT molecular complexity index is 270. The molecule has 0 unspecified atom stereocenters. The molecule has 6 nitrogen and oxygen atoms in total. The van der Waals surface area contributed by atoms with Crippen molar-refractivity contribution in [2.45, 2.75) is 25.8 Å². The van der Waals surface area contributed by atoms with E-state index in [1.165, 1.54) is 12.8 Å². The van der Waals surface area contributed by atoms with Crippen molar-refractivity contribution in [1.29, 1.82) is 0 Å². The topological polar surface area (TPSA) is 74.8 Å². The lowest BCUT2D eigenvalue weighted by atomic mass is 10.5. The van der Waals surface area contributed by atoms with E-state index < -0.39 is 0 Å². The fourth-order valence-electron chi connectivity index (χ4n) is 1.24. The number of carbonyl (C=O) groups excluding carboxylic acids is 1. The summed E-state index contributed by atoms with van der Waals surface area (Å²) in [6, 6.07) is 0.532. The first kappa shape index (κ1) is 17.4. The molecule has 1 saturated carbocycles. The molecule has 0 radical (unpaired) electrons. The summed E-state index contributed by atoms with van der Waals surface area (Å²) in [6.45, 7) is 3.99. The maximum atomic E-state index is 11.4. The van der Waals surface area contributed by atoms with Gasteiger partial charge in [0.05, 0.1) is 6.61 Å². The van der Waals surface area contributed by atoms with E-state index in [4.69, 9.17) is 4.74 Å². The van der Waals surface area contributed by atoms with E-state index in [0.29, 0.717) is 19.2 Å². The van der Waals surface area contributed by atoms with E-state index in [0.717, 1.165) is 12.5 Å². The van der Waals surface area contributed by atoms with Gasteiger partial charge in [-0.1, -0.05) is 0 Å². The molecule has 1 amide bonds. The molecule has 0 aliphatic heterocycles. The van der Waals surface area contributed by atoms with E-state index in [9.17, 15) is 4.79 Å². The fourth-order valence-corrected chi connectivity index (χ4v) is 1.24. The first-order chi connectivity index (χ1) is 8.26. The number of guanidine groups is 1. The molecule has 0 atom stereocenters. The zero-order valence-electron chi connectivity index (χ0n) is 11.0. The van der Waals surface area contributed by atoms with Crippen LogP contribution in [0.5, 0.6) is 0 Å². The van der Waals surface area contributed by atoms with Crippen LogP contribution >= 0.6 is 24.0 Å². The predicted molar refractivity (Wildman–Crippen MR) is 82.4 cm³/mol. The number of nitrogens with one attached hydrogen (secondary N) is 3. The number of hydrogen-bond donors (Lipinski definition) is 3. The van der Waals surface area contributed by atoms with Crippen molar-refractivity contribution in [3.05, 3.63) is 0 Å². The van der Waals surface area contributed by atoms with Gasteiger partial charge >= 0.3 is 0 Å². The molecular formula is C11H23IN4O2. The second kappa shape index (κ2) is 10.4. The summed E-state index contributed by atoms with van der Waals surface area (Å²) in [5.74, 6) is 0.631.